The predicted octanol–water partition coefficient (Wildman–Crippen LogP) is 3.61. The summed E-state index contributed by atoms with van der Waals surface area (Å²) in [5.41, 5.74) is 2.98. The van der Waals surface area contributed by atoms with Gasteiger partial charge in [-0.2, -0.15) is 0 Å². The van der Waals surface area contributed by atoms with E-state index in [9.17, 15) is 9.18 Å². The maximum absolute atomic E-state index is 14.6. The number of methoxy groups -OCH3 is 1. The molecule has 1 amide bonds. The Balaban J connectivity index is 1.04. The zero-order valence-corrected chi connectivity index (χ0v) is 23.0. The van der Waals surface area contributed by atoms with Crippen molar-refractivity contribution in [1.29, 1.82) is 0 Å². The van der Waals surface area contributed by atoms with Gasteiger partial charge >= 0.3 is 0 Å². The summed E-state index contributed by atoms with van der Waals surface area (Å²) in [6.45, 7) is 6.89. The highest BCUT2D eigenvalue weighted by molar-refractivity contribution is 5.97. The molecule has 0 radical (unpaired) electrons. The molecule has 11 heteroatoms. The van der Waals surface area contributed by atoms with Crippen molar-refractivity contribution in [1.82, 2.24) is 30.2 Å². The first kappa shape index (κ1) is 26.6. The van der Waals surface area contributed by atoms with Crippen LogP contribution in [0.1, 0.15) is 41.7 Å². The van der Waals surface area contributed by atoms with E-state index in [2.05, 4.69) is 46.4 Å². The quantitative estimate of drug-likeness (QED) is 0.392. The Kier molecular flexibility index (Phi) is 7.92. The van der Waals surface area contributed by atoms with Crippen LogP contribution in [0.4, 0.5) is 21.8 Å². The van der Waals surface area contributed by atoms with Crippen molar-refractivity contribution in [3.63, 3.8) is 0 Å². The van der Waals surface area contributed by atoms with Gasteiger partial charge in [0, 0.05) is 45.4 Å². The molecule has 0 atom stereocenters. The second kappa shape index (κ2) is 11.9. The molecule has 2 saturated heterocycles. The van der Waals surface area contributed by atoms with E-state index in [0.29, 0.717) is 30.0 Å². The van der Waals surface area contributed by atoms with E-state index in [1.165, 1.54) is 38.8 Å². The molecule has 0 bridgehead atoms. The summed E-state index contributed by atoms with van der Waals surface area (Å²) >= 11 is 0. The van der Waals surface area contributed by atoms with Gasteiger partial charge in [0.05, 0.1) is 35.9 Å². The van der Waals surface area contributed by atoms with Gasteiger partial charge in [0.25, 0.3) is 5.91 Å². The summed E-state index contributed by atoms with van der Waals surface area (Å²) in [5.74, 6) is 1.74. The van der Waals surface area contributed by atoms with Gasteiger partial charge in [0.1, 0.15) is 11.5 Å². The van der Waals surface area contributed by atoms with E-state index in [4.69, 9.17) is 4.74 Å². The number of amides is 1. The van der Waals surface area contributed by atoms with Crippen LogP contribution in [0.25, 0.3) is 11.4 Å². The summed E-state index contributed by atoms with van der Waals surface area (Å²) in [4.78, 5) is 33.2. The number of H-pyrrole nitrogens is 1. The Morgan fingerprint density at radius 1 is 1.07 bits per heavy atom. The van der Waals surface area contributed by atoms with Gasteiger partial charge in [-0.05, 0) is 68.8 Å². The molecule has 6 rings (SSSR count). The lowest BCUT2D eigenvalue weighted by molar-refractivity contribution is 0.0946. The van der Waals surface area contributed by atoms with E-state index in [-0.39, 0.29) is 17.5 Å². The summed E-state index contributed by atoms with van der Waals surface area (Å²) in [6, 6.07) is 5.61. The minimum atomic E-state index is -0.562. The molecule has 40 heavy (non-hydrogen) atoms. The van der Waals surface area contributed by atoms with Gasteiger partial charge in [-0.3, -0.25) is 4.79 Å². The fraction of sp³-hybridized carbons (Fsp3) is 0.517. The summed E-state index contributed by atoms with van der Waals surface area (Å²) in [6.07, 6.45) is 8.71. The number of fused-ring (bicyclic) bond motifs is 1. The first-order chi connectivity index (χ1) is 19.6. The molecule has 3 aromatic rings. The van der Waals surface area contributed by atoms with Crippen molar-refractivity contribution in [3.8, 4) is 11.4 Å². The molecule has 3 aromatic heterocycles. The van der Waals surface area contributed by atoms with Gasteiger partial charge in [-0.1, -0.05) is 0 Å². The lowest BCUT2D eigenvalue weighted by Crippen LogP contribution is -2.41. The molecule has 2 fully saturated rings. The summed E-state index contributed by atoms with van der Waals surface area (Å²) < 4.78 is 19.9. The van der Waals surface area contributed by atoms with Gasteiger partial charge in [-0.25, -0.2) is 19.3 Å². The Hall–Kier alpha value is -3.57. The Bertz CT molecular complexity index is 1310. The average Bonchev–Trinajstić information content (AvgIpc) is 3.43. The maximum atomic E-state index is 14.6. The second-order valence-corrected chi connectivity index (χ2v) is 11.0. The van der Waals surface area contributed by atoms with E-state index in [1.807, 2.05) is 12.3 Å². The van der Waals surface area contributed by atoms with E-state index >= 15 is 0 Å². The number of nitrogens with zero attached hydrogens (tertiary/aromatic N) is 5. The third kappa shape index (κ3) is 5.80. The number of carbonyl (C=O) groups excluding carboxylic acids is 1. The number of aromatic amines is 1. The predicted molar refractivity (Wildman–Crippen MR) is 151 cm³/mol. The number of aromatic nitrogens is 4. The molecule has 10 nitrogen and oxygen atoms in total. The zero-order chi connectivity index (χ0) is 27.5. The van der Waals surface area contributed by atoms with Gasteiger partial charge < -0.3 is 30.2 Å². The van der Waals surface area contributed by atoms with Crippen LogP contribution in [0.2, 0.25) is 0 Å². The molecule has 3 N–H and O–H groups in total. The van der Waals surface area contributed by atoms with Crippen molar-refractivity contribution in [2.24, 2.45) is 11.8 Å². The van der Waals surface area contributed by atoms with Crippen molar-refractivity contribution >= 4 is 23.4 Å². The second-order valence-electron chi connectivity index (χ2n) is 11.0. The molecule has 0 aliphatic carbocycles. The molecule has 0 aromatic carbocycles. The molecular formula is C29H37FN8O2. The Labute approximate surface area is 233 Å². The number of hydrogen-bond donors (Lipinski definition) is 3. The van der Waals surface area contributed by atoms with Crippen LogP contribution in [0.5, 0.6) is 0 Å². The third-order valence-corrected chi connectivity index (χ3v) is 8.61. The Morgan fingerprint density at radius 3 is 2.55 bits per heavy atom. The highest BCUT2D eigenvalue weighted by Gasteiger charge is 2.29. The number of piperidine rings is 2. The van der Waals surface area contributed by atoms with Crippen LogP contribution in [0.3, 0.4) is 0 Å². The third-order valence-electron chi connectivity index (χ3n) is 8.61. The first-order valence-electron chi connectivity index (χ1n) is 14.3. The molecule has 3 aliphatic rings. The van der Waals surface area contributed by atoms with Crippen molar-refractivity contribution in [2.45, 2.75) is 32.1 Å². The van der Waals surface area contributed by atoms with E-state index in [0.717, 1.165) is 55.7 Å². The van der Waals surface area contributed by atoms with Gasteiger partial charge in [0.15, 0.2) is 5.82 Å². The van der Waals surface area contributed by atoms with E-state index in [1.54, 1.807) is 13.2 Å². The molecule has 3 aliphatic heterocycles. The smallest absolute Gasteiger partial charge is 0.253 e. The SMILES string of the molecule is COCCN1CCC(C2CCN(c3ccc(Nc4ncc(F)c(-c5cc6c([nH]5)CCNC6=O)n4)nc3)CC2)CC1. The summed E-state index contributed by atoms with van der Waals surface area (Å²) in [5, 5.41) is 5.88. The standard InChI is InChI=1S/C29H37FN8O2/c1-40-15-14-37-10-5-19(6-11-37)20-7-12-38(13-8-20)21-2-3-26(32-17-21)35-29-33-18-23(30)27(36-29)25-16-22-24(34-25)4-9-31-28(22)39/h2-3,16-20,34H,4-15H2,1H3,(H,31,39)(H,32,33,35,36). The maximum Gasteiger partial charge on any atom is 0.253 e. The highest BCUT2D eigenvalue weighted by Crippen LogP contribution is 2.34. The minimum absolute atomic E-state index is 0.111. The fourth-order valence-corrected chi connectivity index (χ4v) is 6.30. The van der Waals surface area contributed by atoms with Crippen molar-refractivity contribution in [3.05, 3.63) is 47.7 Å². The zero-order valence-electron chi connectivity index (χ0n) is 23.0. The number of ether oxygens (including phenoxy) is 1. The van der Waals surface area contributed by atoms with Crippen LogP contribution in [-0.2, 0) is 11.2 Å². The van der Waals surface area contributed by atoms with Crippen molar-refractivity contribution < 1.29 is 13.9 Å². The lowest BCUT2D eigenvalue weighted by Gasteiger charge is -2.40. The van der Waals surface area contributed by atoms with Crippen LogP contribution >= 0.6 is 0 Å². The highest BCUT2D eigenvalue weighted by atomic mass is 19.1. The summed E-state index contributed by atoms with van der Waals surface area (Å²) in [7, 11) is 1.77. The molecule has 0 saturated carbocycles. The molecule has 0 unspecified atom stereocenters. The lowest BCUT2D eigenvalue weighted by atomic mass is 9.78. The largest absolute Gasteiger partial charge is 0.383 e. The van der Waals surface area contributed by atoms with Crippen molar-refractivity contribution in [2.75, 3.05) is 63.2 Å². The first-order valence-corrected chi connectivity index (χ1v) is 14.3. The van der Waals surface area contributed by atoms with E-state index < -0.39 is 5.82 Å². The minimum Gasteiger partial charge on any atom is -0.383 e. The van der Waals surface area contributed by atoms with Crippen LogP contribution in [-0.4, -0.2) is 83.7 Å². The normalized spacial score (nSPS) is 18.9. The van der Waals surface area contributed by atoms with Gasteiger partial charge in [-0.15, -0.1) is 0 Å². The molecule has 0 spiro atoms. The number of anilines is 3. The van der Waals surface area contributed by atoms with Gasteiger partial charge in [0.2, 0.25) is 5.95 Å². The number of halogens is 1. The molecular weight excluding hydrogens is 511 g/mol. The Morgan fingerprint density at radius 2 is 1.85 bits per heavy atom. The number of rotatable bonds is 8. The monoisotopic (exact) mass is 548 g/mol. The average molecular weight is 549 g/mol. The number of carbonyl (C=O) groups is 1. The number of nitrogens with one attached hydrogen (secondary N) is 3. The molecule has 212 valence electrons. The van der Waals surface area contributed by atoms with Crippen LogP contribution < -0.4 is 15.5 Å². The number of pyridine rings is 1. The van der Waals surface area contributed by atoms with Crippen LogP contribution in [0, 0.1) is 17.7 Å². The fourth-order valence-electron chi connectivity index (χ4n) is 6.30. The van der Waals surface area contributed by atoms with Crippen LogP contribution in [0.15, 0.2) is 30.6 Å². The number of likely N-dealkylation sites (tertiary alicyclic amines) is 1. The topological polar surface area (TPSA) is 111 Å². The molecule has 6 heterocycles. The number of hydrogen-bond acceptors (Lipinski definition) is 8.